The standard InChI is InChI=1S/C11H13NO3S/c13-11(3-6-16)12-8-1-2-9-10(7-8)15-5-4-14-9/h1-2,7,16H,3-6H2,(H,12,13). The number of fused-ring (bicyclic) bond motifs is 1. The van der Waals surface area contributed by atoms with Gasteiger partial charge in [-0.25, -0.2) is 0 Å². The molecule has 0 saturated heterocycles. The minimum Gasteiger partial charge on any atom is -0.486 e. The molecule has 0 fully saturated rings. The van der Waals surface area contributed by atoms with E-state index in [0.29, 0.717) is 31.1 Å². The van der Waals surface area contributed by atoms with E-state index in [1.54, 1.807) is 18.2 Å². The normalized spacial score (nSPS) is 13.3. The first-order valence-electron chi connectivity index (χ1n) is 5.10. The Bertz CT molecular complexity index is 395. The van der Waals surface area contributed by atoms with Gasteiger partial charge in [-0.15, -0.1) is 0 Å². The molecule has 0 radical (unpaired) electrons. The van der Waals surface area contributed by atoms with Crippen molar-refractivity contribution in [3.05, 3.63) is 18.2 Å². The lowest BCUT2D eigenvalue weighted by molar-refractivity contribution is -0.115. The highest BCUT2D eigenvalue weighted by Crippen LogP contribution is 2.32. The van der Waals surface area contributed by atoms with E-state index in [1.165, 1.54) is 0 Å². The lowest BCUT2D eigenvalue weighted by atomic mass is 10.2. The smallest absolute Gasteiger partial charge is 0.225 e. The molecule has 5 heteroatoms. The summed E-state index contributed by atoms with van der Waals surface area (Å²) >= 11 is 4.00. The van der Waals surface area contributed by atoms with Gasteiger partial charge in [0.05, 0.1) is 0 Å². The van der Waals surface area contributed by atoms with Crippen molar-refractivity contribution in [1.82, 2.24) is 0 Å². The Labute approximate surface area is 99.3 Å². The molecule has 1 amide bonds. The van der Waals surface area contributed by atoms with Crippen LogP contribution >= 0.6 is 12.6 Å². The lowest BCUT2D eigenvalue weighted by Gasteiger charge is -2.18. The first kappa shape index (κ1) is 11.1. The van der Waals surface area contributed by atoms with E-state index in [-0.39, 0.29) is 5.91 Å². The first-order chi connectivity index (χ1) is 7.79. The molecule has 4 nitrogen and oxygen atoms in total. The highest BCUT2D eigenvalue weighted by molar-refractivity contribution is 7.80. The van der Waals surface area contributed by atoms with Crippen LogP contribution in [0.15, 0.2) is 18.2 Å². The fraction of sp³-hybridized carbons (Fsp3) is 0.364. The average molecular weight is 239 g/mol. The molecule has 86 valence electrons. The quantitative estimate of drug-likeness (QED) is 0.789. The van der Waals surface area contributed by atoms with Gasteiger partial charge in [0.25, 0.3) is 0 Å². The molecule has 0 bridgehead atoms. The summed E-state index contributed by atoms with van der Waals surface area (Å²) in [4.78, 5) is 11.3. The third-order valence-corrected chi connectivity index (χ3v) is 2.39. The third-order valence-electron chi connectivity index (χ3n) is 2.16. The van der Waals surface area contributed by atoms with E-state index in [4.69, 9.17) is 9.47 Å². The van der Waals surface area contributed by atoms with Crippen LogP contribution in [0, 0.1) is 0 Å². The van der Waals surface area contributed by atoms with Crippen molar-refractivity contribution in [3.8, 4) is 11.5 Å². The molecular weight excluding hydrogens is 226 g/mol. The number of hydrogen-bond acceptors (Lipinski definition) is 4. The van der Waals surface area contributed by atoms with Gasteiger partial charge in [0, 0.05) is 18.2 Å². The fourth-order valence-electron chi connectivity index (χ4n) is 1.45. The summed E-state index contributed by atoms with van der Waals surface area (Å²) in [6, 6.07) is 5.36. The summed E-state index contributed by atoms with van der Waals surface area (Å²) in [7, 11) is 0. The molecule has 0 atom stereocenters. The van der Waals surface area contributed by atoms with Crippen molar-refractivity contribution in [3.63, 3.8) is 0 Å². The van der Waals surface area contributed by atoms with Crippen LogP contribution in [0.25, 0.3) is 0 Å². The molecule has 1 aliphatic rings. The summed E-state index contributed by atoms with van der Waals surface area (Å²) < 4.78 is 10.8. The number of rotatable bonds is 3. The maximum Gasteiger partial charge on any atom is 0.225 e. The van der Waals surface area contributed by atoms with Crippen molar-refractivity contribution in [2.45, 2.75) is 6.42 Å². The van der Waals surface area contributed by atoms with Crippen molar-refractivity contribution >= 4 is 24.2 Å². The van der Waals surface area contributed by atoms with Gasteiger partial charge in [0.2, 0.25) is 5.91 Å². The van der Waals surface area contributed by atoms with E-state index < -0.39 is 0 Å². The Balaban J connectivity index is 2.08. The van der Waals surface area contributed by atoms with Crippen LogP contribution in [0.3, 0.4) is 0 Å². The molecule has 1 aliphatic heterocycles. The highest BCUT2D eigenvalue weighted by atomic mass is 32.1. The number of nitrogens with one attached hydrogen (secondary N) is 1. The molecular formula is C11H13NO3S. The third kappa shape index (κ3) is 2.61. The molecule has 0 unspecified atom stereocenters. The molecule has 2 rings (SSSR count). The van der Waals surface area contributed by atoms with E-state index in [2.05, 4.69) is 17.9 Å². The maximum absolute atomic E-state index is 11.3. The van der Waals surface area contributed by atoms with Crippen molar-refractivity contribution in [2.24, 2.45) is 0 Å². The Kier molecular flexibility index (Phi) is 3.56. The average Bonchev–Trinajstić information content (AvgIpc) is 2.29. The van der Waals surface area contributed by atoms with Gasteiger partial charge >= 0.3 is 0 Å². The van der Waals surface area contributed by atoms with Crippen LogP contribution in [0.2, 0.25) is 0 Å². The predicted molar refractivity (Wildman–Crippen MR) is 64.5 cm³/mol. The molecule has 16 heavy (non-hydrogen) atoms. The topological polar surface area (TPSA) is 47.6 Å². The zero-order chi connectivity index (χ0) is 11.4. The number of anilines is 1. The predicted octanol–water partition coefficient (Wildman–Crippen LogP) is 1.72. The van der Waals surface area contributed by atoms with Crippen LogP contribution in [-0.4, -0.2) is 24.9 Å². The zero-order valence-corrected chi connectivity index (χ0v) is 9.63. The Morgan fingerprint density at radius 3 is 2.81 bits per heavy atom. The van der Waals surface area contributed by atoms with Gasteiger partial charge in [-0.3, -0.25) is 4.79 Å². The minimum atomic E-state index is -0.0494. The van der Waals surface area contributed by atoms with Crippen molar-refractivity contribution < 1.29 is 14.3 Å². The number of ether oxygens (including phenoxy) is 2. The molecule has 0 aliphatic carbocycles. The second-order valence-electron chi connectivity index (χ2n) is 3.38. The van der Waals surface area contributed by atoms with Crippen molar-refractivity contribution in [2.75, 3.05) is 24.3 Å². The van der Waals surface area contributed by atoms with Gasteiger partial charge in [0.15, 0.2) is 11.5 Å². The summed E-state index contributed by atoms with van der Waals surface area (Å²) in [6.45, 7) is 1.11. The Hall–Kier alpha value is -1.36. The Morgan fingerprint density at radius 2 is 2.06 bits per heavy atom. The van der Waals surface area contributed by atoms with E-state index >= 15 is 0 Å². The zero-order valence-electron chi connectivity index (χ0n) is 8.73. The molecule has 0 spiro atoms. The summed E-state index contributed by atoms with van der Waals surface area (Å²) in [5.74, 6) is 1.89. The van der Waals surface area contributed by atoms with Crippen LogP contribution in [0.1, 0.15) is 6.42 Å². The number of thiol groups is 1. The maximum atomic E-state index is 11.3. The van der Waals surface area contributed by atoms with E-state index in [1.807, 2.05) is 0 Å². The van der Waals surface area contributed by atoms with E-state index in [9.17, 15) is 4.79 Å². The number of carbonyl (C=O) groups excluding carboxylic acids is 1. The van der Waals surface area contributed by atoms with Crippen LogP contribution in [0.4, 0.5) is 5.69 Å². The van der Waals surface area contributed by atoms with E-state index in [0.717, 1.165) is 11.4 Å². The summed E-state index contributed by atoms with van der Waals surface area (Å²) in [6.07, 6.45) is 0.400. The van der Waals surface area contributed by atoms with Gasteiger partial charge in [-0.2, -0.15) is 12.6 Å². The van der Waals surface area contributed by atoms with Gasteiger partial charge in [-0.05, 0) is 17.9 Å². The molecule has 0 aromatic heterocycles. The number of carbonyl (C=O) groups is 1. The van der Waals surface area contributed by atoms with Gasteiger partial charge in [-0.1, -0.05) is 0 Å². The molecule has 0 saturated carbocycles. The first-order valence-corrected chi connectivity index (χ1v) is 5.73. The van der Waals surface area contributed by atoms with Crippen molar-refractivity contribution in [1.29, 1.82) is 0 Å². The van der Waals surface area contributed by atoms with Crippen LogP contribution in [-0.2, 0) is 4.79 Å². The lowest BCUT2D eigenvalue weighted by Crippen LogP contribution is -2.16. The van der Waals surface area contributed by atoms with Crippen LogP contribution in [0.5, 0.6) is 11.5 Å². The largest absolute Gasteiger partial charge is 0.486 e. The molecule has 1 aromatic rings. The number of benzene rings is 1. The molecule has 1 aromatic carbocycles. The second-order valence-corrected chi connectivity index (χ2v) is 3.83. The number of hydrogen-bond donors (Lipinski definition) is 2. The highest BCUT2D eigenvalue weighted by Gasteiger charge is 2.12. The second kappa shape index (κ2) is 5.12. The van der Waals surface area contributed by atoms with Gasteiger partial charge < -0.3 is 14.8 Å². The summed E-state index contributed by atoms with van der Waals surface area (Å²) in [5.41, 5.74) is 0.719. The molecule has 1 heterocycles. The molecule has 1 N–H and O–H groups in total. The Morgan fingerprint density at radius 1 is 1.31 bits per heavy atom. The summed E-state index contributed by atoms with van der Waals surface area (Å²) in [5, 5.41) is 2.77. The van der Waals surface area contributed by atoms with Gasteiger partial charge in [0.1, 0.15) is 13.2 Å². The van der Waals surface area contributed by atoms with Crippen LogP contribution < -0.4 is 14.8 Å². The minimum absolute atomic E-state index is 0.0494. The number of amides is 1. The fourth-order valence-corrected chi connectivity index (χ4v) is 1.65. The SMILES string of the molecule is O=C(CCS)Nc1ccc2c(c1)OCCO2. The monoisotopic (exact) mass is 239 g/mol.